The Morgan fingerprint density at radius 2 is 1.74 bits per heavy atom. The van der Waals surface area contributed by atoms with Crippen LogP contribution in [0.25, 0.3) is 10.9 Å². The highest BCUT2D eigenvalue weighted by atomic mass is 16.5. The third-order valence-electron chi connectivity index (χ3n) is 6.79. The summed E-state index contributed by atoms with van der Waals surface area (Å²) >= 11 is 0. The lowest BCUT2D eigenvalue weighted by Crippen LogP contribution is -2.31. The molecule has 0 atom stereocenters. The molecule has 2 aromatic carbocycles. The minimum Gasteiger partial charge on any atom is -0.496 e. The van der Waals surface area contributed by atoms with Crippen molar-refractivity contribution in [3.8, 4) is 5.75 Å². The van der Waals surface area contributed by atoms with Crippen LogP contribution >= 0.6 is 0 Å². The molecule has 1 aliphatic rings. The van der Waals surface area contributed by atoms with Gasteiger partial charge in [-0.3, -0.25) is 0 Å². The van der Waals surface area contributed by atoms with Crippen molar-refractivity contribution in [2.45, 2.75) is 59.5 Å². The lowest BCUT2D eigenvalue weighted by Gasteiger charge is -2.29. The summed E-state index contributed by atoms with van der Waals surface area (Å²) in [5.74, 6) is 3.39. The molecule has 0 unspecified atom stereocenters. The fraction of sp³-hybridized carbons (Fsp3) is 0.500. The van der Waals surface area contributed by atoms with Crippen molar-refractivity contribution in [3.63, 3.8) is 0 Å². The predicted octanol–water partition coefficient (Wildman–Crippen LogP) is 5.72. The van der Waals surface area contributed by atoms with Gasteiger partial charge in [-0.2, -0.15) is 4.98 Å². The van der Waals surface area contributed by atoms with Gasteiger partial charge in [0, 0.05) is 32.1 Å². The standard InChI is InChI=1S/C27H37N5O.CH4/c1-18-15-25(33-5)19(2)14-21(18)17-28-16-20-10-12-22(13-11-20)29-27-30-24-9-7-6-8-23(24)26(31-27)32(3)4;/h6-9,14-15,20,22,28H,10-13,16-17H2,1-5H3,(H,29,30,31);1H4. The van der Waals surface area contributed by atoms with Crippen LogP contribution in [0, 0.1) is 19.8 Å². The minimum atomic E-state index is 0. The molecule has 0 radical (unpaired) electrons. The number of hydrogen-bond donors (Lipinski definition) is 2. The van der Waals surface area contributed by atoms with Crippen molar-refractivity contribution >= 4 is 22.7 Å². The highest BCUT2D eigenvalue weighted by molar-refractivity contribution is 5.90. The number of aromatic nitrogens is 2. The summed E-state index contributed by atoms with van der Waals surface area (Å²) in [6.07, 6.45) is 4.75. The first-order chi connectivity index (χ1) is 15.9. The van der Waals surface area contributed by atoms with Crippen LogP contribution < -0.4 is 20.3 Å². The molecule has 184 valence electrons. The summed E-state index contributed by atoms with van der Waals surface area (Å²) in [5, 5.41) is 8.39. The van der Waals surface area contributed by atoms with Crippen LogP contribution in [-0.4, -0.2) is 43.8 Å². The fourth-order valence-electron chi connectivity index (χ4n) is 4.83. The van der Waals surface area contributed by atoms with Crippen molar-refractivity contribution in [3.05, 3.63) is 53.1 Å². The maximum atomic E-state index is 5.43. The van der Waals surface area contributed by atoms with E-state index in [9.17, 15) is 0 Å². The van der Waals surface area contributed by atoms with Gasteiger partial charge in [-0.25, -0.2) is 4.98 Å². The molecule has 0 aliphatic heterocycles. The average Bonchev–Trinajstić information content (AvgIpc) is 2.81. The molecule has 2 N–H and O–H groups in total. The van der Waals surface area contributed by atoms with Gasteiger partial charge in [0.1, 0.15) is 11.6 Å². The van der Waals surface area contributed by atoms with Gasteiger partial charge in [0.2, 0.25) is 5.95 Å². The quantitative estimate of drug-likeness (QED) is 0.446. The number of benzene rings is 2. The van der Waals surface area contributed by atoms with Crippen molar-refractivity contribution in [1.82, 2.24) is 15.3 Å². The number of hydrogen-bond acceptors (Lipinski definition) is 6. The molecule has 6 nitrogen and oxygen atoms in total. The Balaban J connectivity index is 0.00000324. The smallest absolute Gasteiger partial charge is 0.225 e. The van der Waals surface area contributed by atoms with Gasteiger partial charge in [0.15, 0.2) is 0 Å². The highest BCUT2D eigenvalue weighted by Crippen LogP contribution is 2.28. The number of nitrogens with one attached hydrogen (secondary N) is 2. The van der Waals surface area contributed by atoms with Crippen LogP contribution in [0.4, 0.5) is 11.8 Å². The van der Waals surface area contributed by atoms with E-state index in [4.69, 9.17) is 14.7 Å². The fourth-order valence-corrected chi connectivity index (χ4v) is 4.83. The second-order valence-electron chi connectivity index (χ2n) is 9.52. The summed E-state index contributed by atoms with van der Waals surface area (Å²) in [4.78, 5) is 11.6. The normalized spacial score (nSPS) is 17.8. The van der Waals surface area contributed by atoms with E-state index in [-0.39, 0.29) is 7.43 Å². The number of ether oxygens (including phenoxy) is 1. The molecule has 4 rings (SSSR count). The lowest BCUT2D eigenvalue weighted by molar-refractivity contribution is 0.323. The zero-order valence-electron chi connectivity index (χ0n) is 20.6. The molecule has 0 spiro atoms. The predicted molar refractivity (Wildman–Crippen MR) is 144 cm³/mol. The molecule has 1 saturated carbocycles. The molecule has 1 aromatic heterocycles. The van der Waals surface area contributed by atoms with Crippen LogP contribution in [0.2, 0.25) is 0 Å². The Hall–Kier alpha value is -2.86. The maximum Gasteiger partial charge on any atom is 0.225 e. The number of fused-ring (bicyclic) bond motifs is 1. The molecule has 3 aromatic rings. The first kappa shape index (κ1) is 25.8. The average molecular weight is 464 g/mol. The van der Waals surface area contributed by atoms with Crippen molar-refractivity contribution < 1.29 is 4.74 Å². The van der Waals surface area contributed by atoms with E-state index in [1.807, 2.05) is 26.2 Å². The third kappa shape index (κ3) is 5.98. The van der Waals surface area contributed by atoms with Gasteiger partial charge < -0.3 is 20.3 Å². The topological polar surface area (TPSA) is 62.3 Å². The summed E-state index contributed by atoms with van der Waals surface area (Å²) in [7, 11) is 5.80. The Morgan fingerprint density at radius 3 is 2.44 bits per heavy atom. The number of rotatable bonds is 8. The van der Waals surface area contributed by atoms with Crippen LogP contribution in [0.15, 0.2) is 36.4 Å². The lowest BCUT2D eigenvalue weighted by atomic mass is 9.86. The third-order valence-corrected chi connectivity index (χ3v) is 6.79. The van der Waals surface area contributed by atoms with Crippen molar-refractivity contribution in [2.24, 2.45) is 5.92 Å². The summed E-state index contributed by atoms with van der Waals surface area (Å²) in [6.45, 7) is 6.24. The van der Waals surface area contributed by atoms with Crippen LogP contribution in [0.5, 0.6) is 5.75 Å². The molecule has 0 bridgehead atoms. The first-order valence-electron chi connectivity index (χ1n) is 12.0. The zero-order valence-corrected chi connectivity index (χ0v) is 20.6. The second kappa shape index (κ2) is 11.5. The largest absolute Gasteiger partial charge is 0.496 e. The summed E-state index contributed by atoms with van der Waals surface area (Å²) in [5.41, 5.74) is 4.82. The van der Waals surface area contributed by atoms with Crippen LogP contribution in [0.3, 0.4) is 0 Å². The zero-order chi connectivity index (χ0) is 23.4. The van der Waals surface area contributed by atoms with E-state index in [2.05, 4.69) is 53.6 Å². The van der Waals surface area contributed by atoms with E-state index in [1.54, 1.807) is 7.11 Å². The van der Waals surface area contributed by atoms with Crippen LogP contribution in [-0.2, 0) is 6.54 Å². The van der Waals surface area contributed by atoms with Gasteiger partial charge in [0.05, 0.1) is 12.6 Å². The molecule has 0 amide bonds. The van der Waals surface area contributed by atoms with Gasteiger partial charge in [0.25, 0.3) is 0 Å². The van der Waals surface area contributed by atoms with E-state index in [0.717, 1.165) is 60.3 Å². The molecule has 1 heterocycles. The first-order valence-corrected chi connectivity index (χ1v) is 12.0. The van der Waals surface area contributed by atoms with E-state index in [1.165, 1.54) is 29.5 Å². The van der Waals surface area contributed by atoms with Gasteiger partial charge in [-0.15, -0.1) is 0 Å². The summed E-state index contributed by atoms with van der Waals surface area (Å²) < 4.78 is 5.43. The Labute approximate surface area is 205 Å². The molecule has 34 heavy (non-hydrogen) atoms. The van der Waals surface area contributed by atoms with Gasteiger partial charge in [-0.1, -0.05) is 25.6 Å². The second-order valence-corrected chi connectivity index (χ2v) is 9.52. The number of anilines is 2. The van der Waals surface area contributed by atoms with Crippen LogP contribution in [0.1, 0.15) is 49.8 Å². The minimum absolute atomic E-state index is 0. The molecular formula is C28H41N5O. The van der Waals surface area contributed by atoms with Gasteiger partial charge in [-0.05, 0) is 86.9 Å². The Kier molecular flexibility index (Phi) is 8.72. The Bertz CT molecular complexity index is 1090. The van der Waals surface area contributed by atoms with E-state index in [0.29, 0.717) is 6.04 Å². The number of nitrogens with zero attached hydrogens (tertiary/aromatic N) is 3. The van der Waals surface area contributed by atoms with Crippen molar-refractivity contribution in [1.29, 1.82) is 0 Å². The van der Waals surface area contributed by atoms with Gasteiger partial charge >= 0.3 is 0 Å². The van der Waals surface area contributed by atoms with E-state index >= 15 is 0 Å². The summed E-state index contributed by atoms with van der Waals surface area (Å²) in [6, 6.07) is 13.0. The molecule has 1 aliphatic carbocycles. The van der Waals surface area contributed by atoms with Crippen molar-refractivity contribution in [2.75, 3.05) is 38.0 Å². The number of para-hydroxylation sites is 1. The molecule has 6 heteroatoms. The highest BCUT2D eigenvalue weighted by Gasteiger charge is 2.22. The number of methoxy groups -OCH3 is 1. The molecular weight excluding hydrogens is 422 g/mol. The molecule has 1 fully saturated rings. The monoisotopic (exact) mass is 463 g/mol. The maximum absolute atomic E-state index is 5.43. The Morgan fingerprint density at radius 1 is 1.00 bits per heavy atom. The van der Waals surface area contributed by atoms with E-state index < -0.39 is 0 Å². The number of aryl methyl sites for hydroxylation is 2. The SMILES string of the molecule is C.COc1cc(C)c(CNCC2CCC(Nc3nc(N(C)C)c4ccccc4n3)CC2)cc1C. The molecule has 0 saturated heterocycles.